The number of aromatic nitrogens is 2. The van der Waals surface area contributed by atoms with Crippen LogP contribution in [0.4, 0.5) is 5.69 Å². The van der Waals surface area contributed by atoms with Crippen molar-refractivity contribution in [1.29, 1.82) is 4.78 Å². The molecule has 146 valence electrons. The Labute approximate surface area is 165 Å². The molecule has 0 aliphatic carbocycles. The molecular weight excluding hydrogens is 414 g/mol. The average molecular weight is 432 g/mol. The number of benzene rings is 1. The number of amidine groups is 1. The van der Waals surface area contributed by atoms with Gasteiger partial charge >= 0.3 is 0 Å². The summed E-state index contributed by atoms with van der Waals surface area (Å²) >= 11 is 7.19. The Kier molecular flexibility index (Phi) is 7.78. The van der Waals surface area contributed by atoms with Crippen molar-refractivity contribution >= 4 is 50.4 Å². The van der Waals surface area contributed by atoms with Gasteiger partial charge in [0.25, 0.3) is 0 Å². The number of rotatable bonds is 9. The minimum atomic E-state index is -2.81. The topological polar surface area (TPSA) is 142 Å². The lowest BCUT2D eigenvalue weighted by atomic mass is 10.2. The molecule has 0 amide bonds. The molecule has 2 aromatic rings. The molecule has 12 heteroatoms. The van der Waals surface area contributed by atoms with Gasteiger partial charge in [0.15, 0.2) is 16.6 Å². The van der Waals surface area contributed by atoms with Crippen LogP contribution in [0.5, 0.6) is 0 Å². The van der Waals surface area contributed by atoms with Crippen LogP contribution in [0.1, 0.15) is 18.5 Å². The molecule has 0 fully saturated rings. The van der Waals surface area contributed by atoms with Crippen molar-refractivity contribution in [3.8, 4) is 0 Å². The Morgan fingerprint density at radius 2 is 2.26 bits per heavy atom. The molecule has 2 rings (SSSR count). The van der Waals surface area contributed by atoms with Gasteiger partial charge in [0.1, 0.15) is 5.78 Å². The van der Waals surface area contributed by atoms with Gasteiger partial charge in [0, 0.05) is 33.2 Å². The van der Waals surface area contributed by atoms with Crippen LogP contribution >= 0.6 is 23.4 Å². The summed E-state index contributed by atoms with van der Waals surface area (Å²) in [5.41, 5.74) is 2.69. The van der Waals surface area contributed by atoms with Gasteiger partial charge in [-0.1, -0.05) is 17.7 Å². The highest BCUT2D eigenvalue weighted by Gasteiger charge is 2.17. The summed E-state index contributed by atoms with van der Waals surface area (Å²) in [6, 6.07) is 6.73. The van der Waals surface area contributed by atoms with Crippen molar-refractivity contribution in [2.75, 3.05) is 17.8 Å². The maximum Gasteiger partial charge on any atom is 0.186 e. The van der Waals surface area contributed by atoms with Crippen molar-refractivity contribution in [1.82, 2.24) is 15.8 Å². The van der Waals surface area contributed by atoms with E-state index >= 15 is 0 Å². The fourth-order valence-electron chi connectivity index (χ4n) is 2.04. The normalized spacial score (nSPS) is 14.0. The summed E-state index contributed by atoms with van der Waals surface area (Å²) < 4.78 is 23.3. The molecule has 27 heavy (non-hydrogen) atoms. The highest BCUT2D eigenvalue weighted by molar-refractivity contribution is 7.99. The first-order valence-electron chi connectivity index (χ1n) is 7.72. The molecule has 1 heterocycles. The quantitative estimate of drug-likeness (QED) is 0.181. The van der Waals surface area contributed by atoms with Gasteiger partial charge in [-0.15, -0.1) is 11.8 Å². The van der Waals surface area contributed by atoms with Crippen LogP contribution in [0.15, 0.2) is 38.9 Å². The third-order valence-electron chi connectivity index (χ3n) is 3.11. The van der Waals surface area contributed by atoms with Crippen LogP contribution in [-0.4, -0.2) is 49.1 Å². The molecule has 0 saturated heterocycles. The molecule has 1 aromatic heterocycles. The number of halogens is 1. The van der Waals surface area contributed by atoms with E-state index in [0.717, 1.165) is 0 Å². The number of nitrogens with one attached hydrogen (secondary N) is 2. The Morgan fingerprint density at radius 1 is 1.48 bits per heavy atom. The molecular formula is C15H18ClN5O4S2. The number of carbonyl (C=O) groups excluding carboxylic acids is 1. The first-order valence-corrected chi connectivity index (χ1v) is 11.2. The standard InChI is InChI=1S/C15H18ClN5O4S2/c1-27(17,24)9-12(22)6-3-7-26-15-13(20-25-21-15)14(19-23)18-11-5-2-4-10(16)8-11/h2,4-5,8,17,23H,3,6-7,9H2,1H3,(H,18,19). The maximum absolute atomic E-state index is 11.6. The second-order valence-electron chi connectivity index (χ2n) is 5.61. The zero-order valence-electron chi connectivity index (χ0n) is 14.3. The van der Waals surface area contributed by atoms with Crippen LogP contribution in [0, 0.1) is 4.78 Å². The monoisotopic (exact) mass is 431 g/mol. The molecule has 0 radical (unpaired) electrons. The molecule has 9 nitrogen and oxygen atoms in total. The van der Waals surface area contributed by atoms with E-state index in [-0.39, 0.29) is 29.5 Å². The summed E-state index contributed by atoms with van der Waals surface area (Å²) in [5, 5.41) is 17.8. The molecule has 1 atom stereocenters. The number of ketones is 1. The predicted octanol–water partition coefficient (Wildman–Crippen LogP) is 2.90. The van der Waals surface area contributed by atoms with Gasteiger partial charge in [-0.25, -0.2) is 13.8 Å². The lowest BCUT2D eigenvalue weighted by Gasteiger charge is -2.04. The summed E-state index contributed by atoms with van der Waals surface area (Å²) in [7, 11) is -2.81. The lowest BCUT2D eigenvalue weighted by Crippen LogP contribution is -2.21. The van der Waals surface area contributed by atoms with E-state index in [1.54, 1.807) is 24.3 Å². The van der Waals surface area contributed by atoms with Crippen LogP contribution in [-0.2, 0) is 14.5 Å². The summed E-state index contributed by atoms with van der Waals surface area (Å²) in [4.78, 5) is 15.9. The number of hydroxylamine groups is 1. The first-order chi connectivity index (χ1) is 12.8. The van der Waals surface area contributed by atoms with Crippen molar-refractivity contribution < 1.29 is 18.8 Å². The SMILES string of the molecule is CS(=N)(=O)CC(=O)CCCSc1nonc1C(=Nc1cccc(Cl)c1)NO. The Bertz CT molecular complexity index is 930. The van der Waals surface area contributed by atoms with E-state index in [0.29, 0.717) is 27.9 Å². The van der Waals surface area contributed by atoms with Gasteiger partial charge in [-0.3, -0.25) is 20.3 Å². The highest BCUT2D eigenvalue weighted by Crippen LogP contribution is 2.23. The van der Waals surface area contributed by atoms with Crippen LogP contribution in [0.3, 0.4) is 0 Å². The number of hydrogen-bond acceptors (Lipinski definition) is 9. The summed E-state index contributed by atoms with van der Waals surface area (Å²) in [5.74, 6) is 0.110. The molecule has 0 saturated carbocycles. The van der Waals surface area contributed by atoms with Crippen LogP contribution < -0.4 is 5.48 Å². The Balaban J connectivity index is 1.99. The Hall–Kier alpha value is -1.95. The van der Waals surface area contributed by atoms with Crippen LogP contribution in [0.25, 0.3) is 0 Å². The number of nitrogens with zero attached hydrogens (tertiary/aromatic N) is 3. The van der Waals surface area contributed by atoms with Gasteiger partial charge < -0.3 is 0 Å². The zero-order valence-corrected chi connectivity index (χ0v) is 16.7. The Morgan fingerprint density at radius 3 is 2.93 bits per heavy atom. The number of Topliss-reactive ketones (excluding diaryl/α,β-unsaturated/α-hetero) is 1. The van der Waals surface area contributed by atoms with Crippen molar-refractivity contribution in [2.24, 2.45) is 4.99 Å². The molecule has 3 N–H and O–H groups in total. The average Bonchev–Trinajstić information content (AvgIpc) is 3.03. The third kappa shape index (κ3) is 7.29. The predicted molar refractivity (Wildman–Crippen MR) is 103 cm³/mol. The van der Waals surface area contributed by atoms with Gasteiger partial charge in [-0.2, -0.15) is 0 Å². The van der Waals surface area contributed by atoms with Crippen LogP contribution in [0.2, 0.25) is 5.02 Å². The number of aliphatic imine (C=N–C) groups is 1. The van der Waals surface area contributed by atoms with E-state index in [1.165, 1.54) is 18.0 Å². The maximum atomic E-state index is 11.6. The summed E-state index contributed by atoms with van der Waals surface area (Å²) in [6.07, 6.45) is 1.98. The van der Waals surface area contributed by atoms with E-state index in [1.807, 2.05) is 5.48 Å². The number of hydrogen-bond donors (Lipinski definition) is 3. The first kappa shape index (κ1) is 21.4. The molecule has 0 bridgehead atoms. The fraction of sp³-hybridized carbons (Fsp3) is 0.333. The third-order valence-corrected chi connectivity index (χ3v) is 5.25. The molecule has 1 aromatic carbocycles. The fourth-order valence-corrected chi connectivity index (χ4v) is 3.83. The van der Waals surface area contributed by atoms with Crippen molar-refractivity contribution in [2.45, 2.75) is 17.9 Å². The number of carbonyl (C=O) groups is 1. The van der Waals surface area contributed by atoms with Gasteiger partial charge in [-0.05, 0) is 34.9 Å². The summed E-state index contributed by atoms with van der Waals surface area (Å²) in [6.45, 7) is 0. The van der Waals surface area contributed by atoms with E-state index < -0.39 is 9.73 Å². The van der Waals surface area contributed by atoms with Crippen molar-refractivity contribution in [3.63, 3.8) is 0 Å². The molecule has 0 aliphatic heterocycles. The lowest BCUT2D eigenvalue weighted by molar-refractivity contribution is -0.116. The smallest absolute Gasteiger partial charge is 0.186 e. The van der Waals surface area contributed by atoms with Crippen molar-refractivity contribution in [3.05, 3.63) is 35.0 Å². The van der Waals surface area contributed by atoms with E-state index in [4.69, 9.17) is 21.0 Å². The van der Waals surface area contributed by atoms with E-state index in [2.05, 4.69) is 15.3 Å². The van der Waals surface area contributed by atoms with E-state index in [9.17, 15) is 14.2 Å². The second kappa shape index (κ2) is 9.83. The zero-order chi connectivity index (χ0) is 19.9. The minimum absolute atomic E-state index is 0.0389. The highest BCUT2D eigenvalue weighted by atomic mass is 35.5. The molecule has 0 spiro atoms. The van der Waals surface area contributed by atoms with Gasteiger partial charge in [0.05, 0.1) is 11.4 Å². The van der Waals surface area contributed by atoms with Gasteiger partial charge in [0.2, 0.25) is 0 Å². The molecule has 1 unspecified atom stereocenters. The largest absolute Gasteiger partial charge is 0.299 e. The minimum Gasteiger partial charge on any atom is -0.299 e. The number of thioether (sulfide) groups is 1. The molecule has 0 aliphatic rings. The second-order valence-corrected chi connectivity index (χ2v) is 9.43.